The summed E-state index contributed by atoms with van der Waals surface area (Å²) in [6, 6.07) is 33.0. The Morgan fingerprint density at radius 3 is 1.97 bits per heavy atom. The first-order valence-electron chi connectivity index (χ1n) is 12.7. The molecule has 0 unspecified atom stereocenters. The fourth-order valence-electron chi connectivity index (χ4n) is 4.25. The van der Waals surface area contributed by atoms with Gasteiger partial charge in [0, 0.05) is 0 Å². The van der Waals surface area contributed by atoms with Crippen molar-refractivity contribution in [2.75, 3.05) is 6.29 Å². The summed E-state index contributed by atoms with van der Waals surface area (Å²) >= 11 is 0. The highest BCUT2D eigenvalue weighted by Gasteiger charge is 2.31. The quantitative estimate of drug-likeness (QED) is 0.181. The second-order valence-corrected chi connectivity index (χ2v) is 11.3. The largest absolute Gasteiger partial charge is 0.444 e. The molecule has 198 valence electrons. The summed E-state index contributed by atoms with van der Waals surface area (Å²) in [5.74, 6) is 1.48. The summed E-state index contributed by atoms with van der Waals surface area (Å²) in [5, 5.41) is 17.8. The van der Waals surface area contributed by atoms with Gasteiger partial charge in [-0.2, -0.15) is 0 Å². The maximum absolute atomic E-state index is 14.1. The topological polar surface area (TPSA) is 102 Å². The van der Waals surface area contributed by atoms with Crippen LogP contribution in [0.1, 0.15) is 28.6 Å². The van der Waals surface area contributed by atoms with E-state index in [-0.39, 0.29) is 12.3 Å². The fraction of sp³-hybridized carbons (Fsp3) is 0.167. The molecular weight excluding hydrogens is 509 g/mol. The van der Waals surface area contributed by atoms with Crippen molar-refractivity contribution in [1.29, 1.82) is 0 Å². The van der Waals surface area contributed by atoms with Gasteiger partial charge in [0.25, 0.3) is 0 Å². The molecule has 0 aliphatic carbocycles. The molecule has 0 aliphatic heterocycles. The van der Waals surface area contributed by atoms with Crippen molar-refractivity contribution in [2.24, 2.45) is 0 Å². The Hall–Kier alpha value is -4.26. The zero-order valence-corrected chi connectivity index (χ0v) is 22.7. The molecule has 9 heteroatoms. The molecule has 0 aliphatic rings. The normalized spacial score (nSPS) is 12.2. The van der Waals surface area contributed by atoms with E-state index in [0.29, 0.717) is 23.7 Å². The summed E-state index contributed by atoms with van der Waals surface area (Å²) < 4.78 is 26.2. The van der Waals surface area contributed by atoms with Gasteiger partial charge in [-0.15, -0.1) is 5.10 Å². The molecule has 8 nitrogen and oxygen atoms in total. The van der Waals surface area contributed by atoms with Gasteiger partial charge >= 0.3 is 7.60 Å². The summed E-state index contributed by atoms with van der Waals surface area (Å²) in [5.41, 5.74) is 5.34. The Labute approximate surface area is 227 Å². The minimum absolute atomic E-state index is 0.0671. The number of tetrazole rings is 1. The number of nitrogens with one attached hydrogen (secondary N) is 2. The lowest BCUT2D eigenvalue weighted by Gasteiger charge is -2.23. The Morgan fingerprint density at radius 1 is 0.795 bits per heavy atom. The highest BCUT2D eigenvalue weighted by atomic mass is 31.2. The van der Waals surface area contributed by atoms with E-state index in [9.17, 15) is 4.57 Å². The summed E-state index contributed by atoms with van der Waals surface area (Å²) in [6.07, 6.45) is 0.489. The van der Waals surface area contributed by atoms with Gasteiger partial charge in [0.05, 0.1) is 6.04 Å². The number of nitrogens with zero attached hydrogens (tertiary/aromatic N) is 3. The van der Waals surface area contributed by atoms with Crippen LogP contribution in [0.15, 0.2) is 103 Å². The van der Waals surface area contributed by atoms with E-state index in [1.54, 1.807) is 12.1 Å². The summed E-state index contributed by atoms with van der Waals surface area (Å²) in [4.78, 5) is 0. The minimum atomic E-state index is -3.70. The van der Waals surface area contributed by atoms with Crippen molar-refractivity contribution in [2.45, 2.75) is 26.3 Å². The molecule has 1 heterocycles. The molecular formula is C30H30N5O3P. The van der Waals surface area contributed by atoms with E-state index < -0.39 is 7.60 Å². The summed E-state index contributed by atoms with van der Waals surface area (Å²) in [6.45, 7) is 3.90. The third kappa shape index (κ3) is 7.19. The molecule has 1 atom stereocenters. The predicted octanol–water partition coefficient (Wildman–Crippen LogP) is 6.67. The zero-order valence-electron chi connectivity index (χ0n) is 21.8. The lowest BCUT2D eigenvalue weighted by atomic mass is 10.0. The predicted molar refractivity (Wildman–Crippen MR) is 152 cm³/mol. The van der Waals surface area contributed by atoms with Crippen LogP contribution in [0.5, 0.6) is 11.5 Å². The van der Waals surface area contributed by atoms with Gasteiger partial charge in [-0.25, -0.2) is 9.66 Å². The van der Waals surface area contributed by atoms with Crippen LogP contribution in [0, 0.1) is 13.8 Å². The van der Waals surface area contributed by atoms with Gasteiger partial charge in [0.15, 0.2) is 5.82 Å². The third-order valence-corrected chi connectivity index (χ3v) is 7.74. The molecule has 5 aromatic rings. The first kappa shape index (κ1) is 26.4. The Kier molecular flexibility index (Phi) is 8.16. The maximum atomic E-state index is 14.1. The number of aromatic nitrogens is 4. The number of H-pyrrole nitrogens is 1. The van der Waals surface area contributed by atoms with Crippen molar-refractivity contribution in [3.8, 4) is 22.6 Å². The number of benzene rings is 4. The van der Waals surface area contributed by atoms with E-state index in [4.69, 9.17) is 9.05 Å². The van der Waals surface area contributed by atoms with Crippen molar-refractivity contribution < 1.29 is 13.6 Å². The van der Waals surface area contributed by atoms with Gasteiger partial charge in [-0.3, -0.25) is 5.32 Å². The highest BCUT2D eigenvalue weighted by Crippen LogP contribution is 2.48. The van der Waals surface area contributed by atoms with Crippen LogP contribution in [0.2, 0.25) is 0 Å². The smallest absolute Gasteiger partial charge is 0.415 e. The zero-order chi connectivity index (χ0) is 27.1. The standard InChI is InChI=1S/C30H30N5O3P/c1-22-8-6-12-27(18-22)37-39(36,38-28-13-7-9-23(2)19-28)21-31-29(30-32-34-35-33-30)20-24-14-16-26(17-15-24)25-10-4-3-5-11-25/h3-19,29,31H,20-21H2,1-2H3,(H,32,33,34,35)/t29-/m0/s1. The Morgan fingerprint density at radius 2 is 1.41 bits per heavy atom. The minimum Gasteiger partial charge on any atom is -0.415 e. The molecule has 0 spiro atoms. The molecule has 0 amide bonds. The molecule has 39 heavy (non-hydrogen) atoms. The molecule has 1 aromatic heterocycles. The van der Waals surface area contributed by atoms with Crippen molar-refractivity contribution >= 4 is 7.60 Å². The lowest BCUT2D eigenvalue weighted by molar-refractivity contribution is 0.374. The highest BCUT2D eigenvalue weighted by molar-refractivity contribution is 7.54. The van der Waals surface area contributed by atoms with E-state index >= 15 is 0 Å². The average Bonchev–Trinajstić information content (AvgIpc) is 3.47. The second kappa shape index (κ2) is 12.1. The molecule has 5 rings (SSSR count). The number of aromatic amines is 1. The first-order valence-corrected chi connectivity index (χ1v) is 14.4. The Bertz CT molecular complexity index is 1490. The lowest BCUT2D eigenvalue weighted by Crippen LogP contribution is -2.27. The monoisotopic (exact) mass is 539 g/mol. The van der Waals surface area contributed by atoms with Crippen LogP contribution in [0.4, 0.5) is 0 Å². The van der Waals surface area contributed by atoms with Gasteiger partial charge in [0.2, 0.25) is 0 Å². The van der Waals surface area contributed by atoms with Crippen LogP contribution in [0.25, 0.3) is 11.1 Å². The van der Waals surface area contributed by atoms with Crippen LogP contribution in [-0.4, -0.2) is 26.9 Å². The molecule has 0 bridgehead atoms. The molecule has 2 N–H and O–H groups in total. The number of hydrogen-bond donors (Lipinski definition) is 2. The molecule has 0 fully saturated rings. The SMILES string of the molecule is Cc1cccc(OP(=O)(CN[C@@H](Cc2ccc(-c3ccccc3)cc2)c2nnn[nH]2)Oc2cccc(C)c2)c1. The molecule has 0 radical (unpaired) electrons. The van der Waals surface area contributed by atoms with Gasteiger partial charge in [-0.1, -0.05) is 78.9 Å². The van der Waals surface area contributed by atoms with Crippen LogP contribution in [-0.2, 0) is 11.0 Å². The van der Waals surface area contributed by atoms with Gasteiger partial charge in [-0.05, 0) is 82.8 Å². The average molecular weight is 540 g/mol. The number of hydrogen-bond acceptors (Lipinski definition) is 7. The van der Waals surface area contributed by atoms with Crippen LogP contribution < -0.4 is 14.4 Å². The van der Waals surface area contributed by atoms with E-state index in [2.05, 4.69) is 62.3 Å². The third-order valence-electron chi connectivity index (χ3n) is 6.19. The molecule has 4 aromatic carbocycles. The van der Waals surface area contributed by atoms with Crippen molar-refractivity contribution in [3.05, 3.63) is 126 Å². The summed E-state index contributed by atoms with van der Waals surface area (Å²) in [7, 11) is -3.70. The molecule has 0 saturated heterocycles. The van der Waals surface area contributed by atoms with E-state index in [0.717, 1.165) is 27.8 Å². The Balaban J connectivity index is 1.36. The van der Waals surface area contributed by atoms with E-state index in [1.807, 2.05) is 68.4 Å². The number of rotatable bonds is 11. The van der Waals surface area contributed by atoms with Crippen LogP contribution >= 0.6 is 7.60 Å². The van der Waals surface area contributed by atoms with Crippen molar-refractivity contribution in [3.63, 3.8) is 0 Å². The molecule has 0 saturated carbocycles. The second-order valence-electron chi connectivity index (χ2n) is 9.39. The van der Waals surface area contributed by atoms with E-state index in [1.165, 1.54) is 0 Å². The van der Waals surface area contributed by atoms with Gasteiger partial charge < -0.3 is 9.05 Å². The fourth-order valence-corrected chi connectivity index (χ4v) is 5.73. The van der Waals surface area contributed by atoms with Crippen LogP contribution in [0.3, 0.4) is 0 Å². The van der Waals surface area contributed by atoms with Crippen molar-refractivity contribution in [1.82, 2.24) is 25.9 Å². The van der Waals surface area contributed by atoms with Gasteiger partial charge in [0.1, 0.15) is 17.8 Å². The maximum Gasteiger partial charge on any atom is 0.444 e. The number of aryl methyl sites for hydroxylation is 2. The first-order chi connectivity index (χ1) is 19.0.